The summed E-state index contributed by atoms with van der Waals surface area (Å²) in [6, 6.07) is 5.03. The summed E-state index contributed by atoms with van der Waals surface area (Å²) in [7, 11) is 1.53. The molecule has 0 aliphatic heterocycles. The lowest BCUT2D eigenvalue weighted by Gasteiger charge is -2.11. The topological polar surface area (TPSA) is 73.6 Å². The molecule has 94 valence electrons. The fraction of sp³-hybridized carbons (Fsp3) is 0.417. The van der Waals surface area contributed by atoms with E-state index in [1.807, 2.05) is 6.92 Å². The van der Waals surface area contributed by atoms with Gasteiger partial charge in [0.2, 0.25) is 0 Å². The van der Waals surface area contributed by atoms with E-state index in [1.54, 1.807) is 18.2 Å². The minimum absolute atomic E-state index is 0.0275. The summed E-state index contributed by atoms with van der Waals surface area (Å²) < 4.78 is 10.5. The first-order valence-electron chi connectivity index (χ1n) is 5.50. The minimum atomic E-state index is -0.147. The van der Waals surface area contributed by atoms with Crippen LogP contribution >= 0.6 is 0 Å². The number of nitrogens with two attached hydrogens (primary N) is 1. The Morgan fingerprint density at radius 1 is 1.41 bits per heavy atom. The molecule has 0 bridgehead atoms. The van der Waals surface area contributed by atoms with E-state index in [0.717, 1.165) is 6.42 Å². The molecule has 5 nitrogen and oxygen atoms in total. The van der Waals surface area contributed by atoms with Crippen LogP contribution in [0.25, 0.3) is 0 Å². The molecule has 0 atom stereocenters. The molecular formula is C12H18N2O3. The number of ether oxygens (including phenoxy) is 2. The summed E-state index contributed by atoms with van der Waals surface area (Å²) in [6.07, 6.45) is 0.900. The third kappa shape index (κ3) is 4.22. The Labute approximate surface area is 101 Å². The highest BCUT2D eigenvalue weighted by Crippen LogP contribution is 2.28. The van der Waals surface area contributed by atoms with Crippen LogP contribution in [0.4, 0.5) is 5.69 Å². The first-order valence-corrected chi connectivity index (χ1v) is 5.50. The van der Waals surface area contributed by atoms with Gasteiger partial charge in [-0.15, -0.1) is 0 Å². The van der Waals surface area contributed by atoms with Crippen LogP contribution in [-0.2, 0) is 4.79 Å². The van der Waals surface area contributed by atoms with Crippen molar-refractivity contribution in [3.8, 4) is 11.5 Å². The van der Waals surface area contributed by atoms with Gasteiger partial charge in [-0.2, -0.15) is 0 Å². The minimum Gasteiger partial charge on any atom is -0.493 e. The standard InChI is InChI=1S/C12H18N2O3/c1-3-6-14-12(15)8-17-10-5-4-9(13)7-11(10)16-2/h4-5,7H,3,6,8,13H2,1-2H3,(H,14,15). The van der Waals surface area contributed by atoms with E-state index in [1.165, 1.54) is 7.11 Å². The number of benzene rings is 1. The van der Waals surface area contributed by atoms with E-state index in [4.69, 9.17) is 15.2 Å². The van der Waals surface area contributed by atoms with Crippen molar-refractivity contribution in [2.75, 3.05) is 26.0 Å². The number of hydrogen-bond acceptors (Lipinski definition) is 4. The smallest absolute Gasteiger partial charge is 0.257 e. The predicted octanol–water partition coefficient (Wildman–Crippen LogP) is 1.18. The van der Waals surface area contributed by atoms with Crippen molar-refractivity contribution in [2.45, 2.75) is 13.3 Å². The monoisotopic (exact) mass is 238 g/mol. The Morgan fingerprint density at radius 3 is 2.82 bits per heavy atom. The molecule has 0 spiro atoms. The summed E-state index contributed by atoms with van der Waals surface area (Å²) in [6.45, 7) is 2.62. The molecule has 0 radical (unpaired) electrons. The molecule has 1 aromatic carbocycles. The summed E-state index contributed by atoms with van der Waals surface area (Å²) in [5.41, 5.74) is 6.20. The molecule has 1 aromatic rings. The molecule has 17 heavy (non-hydrogen) atoms. The van der Waals surface area contributed by atoms with Gasteiger partial charge in [-0.3, -0.25) is 4.79 Å². The molecular weight excluding hydrogens is 220 g/mol. The van der Waals surface area contributed by atoms with Gasteiger partial charge in [-0.25, -0.2) is 0 Å². The molecule has 1 rings (SSSR count). The average molecular weight is 238 g/mol. The van der Waals surface area contributed by atoms with Crippen LogP contribution in [0, 0.1) is 0 Å². The van der Waals surface area contributed by atoms with E-state index in [2.05, 4.69) is 5.32 Å². The number of rotatable bonds is 6. The van der Waals surface area contributed by atoms with E-state index in [-0.39, 0.29) is 12.5 Å². The highest BCUT2D eigenvalue weighted by atomic mass is 16.5. The third-order valence-electron chi connectivity index (χ3n) is 2.12. The maximum atomic E-state index is 11.3. The fourth-order valence-corrected chi connectivity index (χ4v) is 1.26. The lowest BCUT2D eigenvalue weighted by atomic mass is 10.3. The highest BCUT2D eigenvalue weighted by Gasteiger charge is 2.07. The van der Waals surface area contributed by atoms with Crippen molar-refractivity contribution in [1.82, 2.24) is 5.32 Å². The molecule has 0 saturated heterocycles. The maximum absolute atomic E-state index is 11.3. The first-order chi connectivity index (χ1) is 8.17. The van der Waals surface area contributed by atoms with Crippen LogP contribution < -0.4 is 20.5 Å². The van der Waals surface area contributed by atoms with Gasteiger partial charge in [-0.1, -0.05) is 6.92 Å². The number of nitrogen functional groups attached to an aromatic ring is 1. The molecule has 1 amide bonds. The summed E-state index contributed by atoms with van der Waals surface area (Å²) in [5, 5.41) is 2.72. The van der Waals surface area contributed by atoms with Gasteiger partial charge in [0.15, 0.2) is 18.1 Å². The highest BCUT2D eigenvalue weighted by molar-refractivity contribution is 5.77. The van der Waals surface area contributed by atoms with Crippen LogP contribution in [-0.4, -0.2) is 26.2 Å². The zero-order valence-electron chi connectivity index (χ0n) is 10.2. The molecule has 5 heteroatoms. The largest absolute Gasteiger partial charge is 0.493 e. The molecule has 0 aliphatic rings. The Kier molecular flexibility index (Phi) is 5.13. The number of nitrogens with one attached hydrogen (secondary N) is 1. The van der Waals surface area contributed by atoms with Crippen molar-refractivity contribution in [2.24, 2.45) is 0 Å². The number of hydrogen-bond donors (Lipinski definition) is 2. The van der Waals surface area contributed by atoms with E-state index >= 15 is 0 Å². The average Bonchev–Trinajstić information content (AvgIpc) is 2.34. The number of amides is 1. The van der Waals surface area contributed by atoms with Crippen molar-refractivity contribution in [3.05, 3.63) is 18.2 Å². The van der Waals surface area contributed by atoms with Crippen molar-refractivity contribution in [3.63, 3.8) is 0 Å². The Bertz CT molecular complexity index is 380. The first kappa shape index (κ1) is 13.2. The summed E-state index contributed by atoms with van der Waals surface area (Å²) >= 11 is 0. The predicted molar refractivity (Wildman–Crippen MR) is 66.2 cm³/mol. The van der Waals surface area contributed by atoms with Gasteiger partial charge in [0, 0.05) is 18.3 Å². The van der Waals surface area contributed by atoms with Crippen molar-refractivity contribution >= 4 is 11.6 Å². The maximum Gasteiger partial charge on any atom is 0.257 e. The van der Waals surface area contributed by atoms with Gasteiger partial charge < -0.3 is 20.5 Å². The van der Waals surface area contributed by atoms with E-state index in [0.29, 0.717) is 23.7 Å². The molecule has 0 saturated carbocycles. The van der Waals surface area contributed by atoms with Crippen LogP contribution in [0.1, 0.15) is 13.3 Å². The third-order valence-corrected chi connectivity index (χ3v) is 2.12. The van der Waals surface area contributed by atoms with Crippen LogP contribution in [0.15, 0.2) is 18.2 Å². The van der Waals surface area contributed by atoms with Crippen molar-refractivity contribution < 1.29 is 14.3 Å². The van der Waals surface area contributed by atoms with Gasteiger partial charge in [0.1, 0.15) is 0 Å². The molecule has 0 heterocycles. The normalized spacial score (nSPS) is 9.76. The van der Waals surface area contributed by atoms with Crippen molar-refractivity contribution in [1.29, 1.82) is 0 Å². The van der Waals surface area contributed by atoms with E-state index < -0.39 is 0 Å². The van der Waals surface area contributed by atoms with Gasteiger partial charge >= 0.3 is 0 Å². The molecule has 0 aliphatic carbocycles. The quantitative estimate of drug-likeness (QED) is 0.730. The molecule has 0 fully saturated rings. The van der Waals surface area contributed by atoms with Gasteiger partial charge in [-0.05, 0) is 18.6 Å². The zero-order valence-corrected chi connectivity index (χ0v) is 10.2. The molecule has 3 N–H and O–H groups in total. The zero-order chi connectivity index (χ0) is 12.7. The SMILES string of the molecule is CCCNC(=O)COc1ccc(N)cc1OC. The summed E-state index contributed by atoms with van der Waals surface area (Å²) in [5.74, 6) is 0.882. The number of methoxy groups -OCH3 is 1. The van der Waals surface area contributed by atoms with Crippen LogP contribution in [0.2, 0.25) is 0 Å². The second kappa shape index (κ2) is 6.62. The lowest BCUT2D eigenvalue weighted by Crippen LogP contribution is -2.29. The molecule has 0 aromatic heterocycles. The Morgan fingerprint density at radius 2 is 2.18 bits per heavy atom. The fourth-order valence-electron chi connectivity index (χ4n) is 1.26. The van der Waals surface area contributed by atoms with E-state index in [9.17, 15) is 4.79 Å². The number of anilines is 1. The molecule has 0 unspecified atom stereocenters. The Balaban J connectivity index is 2.54. The second-order valence-electron chi connectivity index (χ2n) is 3.55. The van der Waals surface area contributed by atoms with Gasteiger partial charge in [0.25, 0.3) is 5.91 Å². The van der Waals surface area contributed by atoms with Crippen LogP contribution in [0.5, 0.6) is 11.5 Å². The summed E-state index contributed by atoms with van der Waals surface area (Å²) in [4.78, 5) is 11.3. The lowest BCUT2D eigenvalue weighted by molar-refractivity contribution is -0.123. The number of carbonyl (C=O) groups excluding carboxylic acids is 1. The van der Waals surface area contributed by atoms with Gasteiger partial charge in [0.05, 0.1) is 7.11 Å². The second-order valence-corrected chi connectivity index (χ2v) is 3.55. The number of carbonyl (C=O) groups is 1. The Hall–Kier alpha value is -1.91. The van der Waals surface area contributed by atoms with Crippen LogP contribution in [0.3, 0.4) is 0 Å².